The van der Waals surface area contributed by atoms with Crippen LogP contribution in [0.3, 0.4) is 0 Å². The summed E-state index contributed by atoms with van der Waals surface area (Å²) in [5.41, 5.74) is 0.552. The Morgan fingerprint density at radius 1 is 1.29 bits per heavy atom. The number of aliphatic hydroxyl groups is 1. The van der Waals surface area contributed by atoms with Crippen LogP contribution in [0, 0.1) is 0 Å². The standard InChI is InChI=1S/C12H18N2O3/c1-16-10-3-2-4-11(7-10)17-12-6-5-9(8-15)13-14-12/h5-6,10-11,15H,2-4,7-8H2,1H3. The van der Waals surface area contributed by atoms with Crippen molar-refractivity contribution in [2.24, 2.45) is 0 Å². The van der Waals surface area contributed by atoms with Crippen molar-refractivity contribution in [3.05, 3.63) is 17.8 Å². The molecule has 0 bridgehead atoms. The molecule has 5 heteroatoms. The molecule has 5 nitrogen and oxygen atoms in total. The van der Waals surface area contributed by atoms with Crippen LogP contribution >= 0.6 is 0 Å². The topological polar surface area (TPSA) is 64.5 Å². The molecule has 17 heavy (non-hydrogen) atoms. The molecule has 0 aliphatic heterocycles. The molecule has 1 N–H and O–H groups in total. The molecule has 1 aliphatic carbocycles. The second kappa shape index (κ2) is 5.93. The molecular weight excluding hydrogens is 220 g/mol. The smallest absolute Gasteiger partial charge is 0.233 e. The lowest BCUT2D eigenvalue weighted by molar-refractivity contribution is 0.0191. The third-order valence-corrected chi connectivity index (χ3v) is 3.06. The zero-order valence-electron chi connectivity index (χ0n) is 10.0. The summed E-state index contributed by atoms with van der Waals surface area (Å²) in [5, 5.41) is 16.6. The highest BCUT2D eigenvalue weighted by atomic mass is 16.5. The first kappa shape index (κ1) is 12.3. The molecule has 0 radical (unpaired) electrons. The molecule has 2 atom stereocenters. The van der Waals surface area contributed by atoms with E-state index in [-0.39, 0.29) is 12.7 Å². The second-order valence-corrected chi connectivity index (χ2v) is 4.29. The molecule has 0 spiro atoms. The molecule has 0 saturated heterocycles. The maximum atomic E-state index is 8.86. The summed E-state index contributed by atoms with van der Waals surface area (Å²) in [6.07, 6.45) is 4.60. The minimum Gasteiger partial charge on any atom is -0.473 e. The van der Waals surface area contributed by atoms with Gasteiger partial charge in [0, 0.05) is 19.6 Å². The second-order valence-electron chi connectivity index (χ2n) is 4.29. The van der Waals surface area contributed by atoms with Gasteiger partial charge in [-0.25, -0.2) is 0 Å². The minimum absolute atomic E-state index is 0.0948. The molecule has 0 aromatic carbocycles. The van der Waals surface area contributed by atoms with Crippen molar-refractivity contribution in [2.75, 3.05) is 7.11 Å². The van der Waals surface area contributed by atoms with Crippen LogP contribution in [0.25, 0.3) is 0 Å². The van der Waals surface area contributed by atoms with Crippen LogP contribution in [0.1, 0.15) is 31.4 Å². The molecule has 94 valence electrons. The van der Waals surface area contributed by atoms with Crippen molar-refractivity contribution in [1.82, 2.24) is 10.2 Å². The van der Waals surface area contributed by atoms with E-state index in [2.05, 4.69) is 10.2 Å². The molecule has 1 aliphatic rings. The highest BCUT2D eigenvalue weighted by Gasteiger charge is 2.23. The van der Waals surface area contributed by atoms with E-state index in [9.17, 15) is 0 Å². The zero-order chi connectivity index (χ0) is 12.1. The van der Waals surface area contributed by atoms with E-state index in [1.807, 2.05) is 0 Å². The van der Waals surface area contributed by atoms with Crippen molar-refractivity contribution >= 4 is 0 Å². The fourth-order valence-electron chi connectivity index (χ4n) is 2.09. The summed E-state index contributed by atoms with van der Waals surface area (Å²) in [4.78, 5) is 0. The van der Waals surface area contributed by atoms with Crippen molar-refractivity contribution in [1.29, 1.82) is 0 Å². The van der Waals surface area contributed by atoms with Gasteiger partial charge in [-0.05, 0) is 25.3 Å². The van der Waals surface area contributed by atoms with Crippen LogP contribution in [0.4, 0.5) is 0 Å². The van der Waals surface area contributed by atoms with Crippen LogP contribution < -0.4 is 4.74 Å². The summed E-state index contributed by atoms with van der Waals surface area (Å²) in [6, 6.07) is 3.47. The molecule has 2 rings (SSSR count). The van der Waals surface area contributed by atoms with Gasteiger partial charge in [-0.15, -0.1) is 10.2 Å². The maximum Gasteiger partial charge on any atom is 0.233 e. The van der Waals surface area contributed by atoms with E-state index < -0.39 is 0 Å². The number of aliphatic hydroxyl groups excluding tert-OH is 1. The lowest BCUT2D eigenvalue weighted by atomic mass is 9.95. The Morgan fingerprint density at radius 2 is 2.12 bits per heavy atom. The molecular formula is C12H18N2O3. The minimum atomic E-state index is -0.0948. The van der Waals surface area contributed by atoms with Gasteiger partial charge in [0.1, 0.15) is 6.10 Å². The molecule has 1 fully saturated rings. The molecule has 1 heterocycles. The van der Waals surface area contributed by atoms with Crippen molar-refractivity contribution in [3.8, 4) is 5.88 Å². The van der Waals surface area contributed by atoms with Crippen molar-refractivity contribution in [3.63, 3.8) is 0 Å². The van der Waals surface area contributed by atoms with E-state index in [4.69, 9.17) is 14.6 Å². The zero-order valence-corrected chi connectivity index (χ0v) is 10.0. The van der Waals surface area contributed by atoms with Crippen molar-refractivity contribution < 1.29 is 14.6 Å². The lowest BCUT2D eigenvalue weighted by Gasteiger charge is -2.28. The predicted molar refractivity (Wildman–Crippen MR) is 61.6 cm³/mol. The van der Waals surface area contributed by atoms with Gasteiger partial charge in [-0.1, -0.05) is 0 Å². The highest BCUT2D eigenvalue weighted by molar-refractivity contribution is 5.11. The number of aromatic nitrogens is 2. The molecule has 2 unspecified atom stereocenters. The van der Waals surface area contributed by atoms with Gasteiger partial charge < -0.3 is 14.6 Å². The number of ether oxygens (including phenoxy) is 2. The van der Waals surface area contributed by atoms with E-state index in [1.54, 1.807) is 19.2 Å². The Balaban J connectivity index is 1.90. The van der Waals surface area contributed by atoms with Crippen LogP contribution in [-0.2, 0) is 11.3 Å². The quantitative estimate of drug-likeness (QED) is 0.856. The van der Waals surface area contributed by atoms with Gasteiger partial charge in [0.15, 0.2) is 0 Å². The first-order valence-corrected chi connectivity index (χ1v) is 5.94. The number of nitrogens with zero attached hydrogens (tertiary/aromatic N) is 2. The first-order valence-electron chi connectivity index (χ1n) is 5.94. The van der Waals surface area contributed by atoms with Gasteiger partial charge in [0.25, 0.3) is 0 Å². The number of hydrogen-bond acceptors (Lipinski definition) is 5. The maximum absolute atomic E-state index is 8.86. The fraction of sp³-hybridized carbons (Fsp3) is 0.667. The van der Waals surface area contributed by atoms with E-state index in [1.165, 1.54) is 0 Å². The molecule has 1 saturated carbocycles. The Labute approximate surface area is 101 Å². The van der Waals surface area contributed by atoms with Crippen LogP contribution in [0.2, 0.25) is 0 Å². The van der Waals surface area contributed by atoms with Gasteiger partial charge in [0.05, 0.1) is 18.4 Å². The summed E-state index contributed by atoms with van der Waals surface area (Å²) >= 11 is 0. The summed E-state index contributed by atoms with van der Waals surface area (Å²) < 4.78 is 11.1. The van der Waals surface area contributed by atoms with Gasteiger partial charge >= 0.3 is 0 Å². The SMILES string of the molecule is COC1CCCC(Oc2ccc(CO)nn2)C1. The average molecular weight is 238 g/mol. The summed E-state index contributed by atoms with van der Waals surface area (Å²) in [6.45, 7) is -0.0948. The number of hydrogen-bond donors (Lipinski definition) is 1. The number of rotatable bonds is 4. The third-order valence-electron chi connectivity index (χ3n) is 3.06. The van der Waals surface area contributed by atoms with Gasteiger partial charge in [0.2, 0.25) is 5.88 Å². The Bertz CT molecular complexity index is 342. The van der Waals surface area contributed by atoms with E-state index in [0.29, 0.717) is 17.7 Å². The largest absolute Gasteiger partial charge is 0.473 e. The van der Waals surface area contributed by atoms with E-state index >= 15 is 0 Å². The third kappa shape index (κ3) is 3.38. The Morgan fingerprint density at radius 3 is 2.76 bits per heavy atom. The van der Waals surface area contributed by atoms with Crippen LogP contribution in [-0.4, -0.2) is 34.6 Å². The first-order chi connectivity index (χ1) is 8.31. The lowest BCUT2D eigenvalue weighted by Crippen LogP contribution is -2.29. The fourth-order valence-corrected chi connectivity index (χ4v) is 2.09. The van der Waals surface area contributed by atoms with Crippen molar-refractivity contribution in [2.45, 2.75) is 44.5 Å². The average Bonchev–Trinajstić information content (AvgIpc) is 2.40. The van der Waals surface area contributed by atoms with Gasteiger partial charge in [-0.2, -0.15) is 0 Å². The Kier molecular flexibility index (Phi) is 4.28. The molecule has 0 amide bonds. The van der Waals surface area contributed by atoms with E-state index in [0.717, 1.165) is 25.7 Å². The molecule has 1 aromatic rings. The number of methoxy groups -OCH3 is 1. The van der Waals surface area contributed by atoms with Crippen LogP contribution in [0.5, 0.6) is 5.88 Å². The van der Waals surface area contributed by atoms with Crippen LogP contribution in [0.15, 0.2) is 12.1 Å². The Hall–Kier alpha value is -1.20. The van der Waals surface area contributed by atoms with Gasteiger partial charge in [-0.3, -0.25) is 0 Å². The summed E-state index contributed by atoms with van der Waals surface area (Å²) in [7, 11) is 1.74. The summed E-state index contributed by atoms with van der Waals surface area (Å²) in [5.74, 6) is 0.518. The molecule has 1 aromatic heterocycles. The highest BCUT2D eigenvalue weighted by Crippen LogP contribution is 2.24. The monoisotopic (exact) mass is 238 g/mol. The normalized spacial score (nSPS) is 24.6. The predicted octanol–water partition coefficient (Wildman–Crippen LogP) is 1.31.